The highest BCUT2D eigenvalue weighted by Gasteiger charge is 2.42. The quantitative estimate of drug-likeness (QED) is 0.387. The highest BCUT2D eigenvalue weighted by atomic mass is 16.6. The van der Waals surface area contributed by atoms with E-state index in [1.165, 1.54) is 31.4 Å². The number of hydrogen-bond acceptors (Lipinski definition) is 7. The molecule has 1 fully saturated rings. The summed E-state index contributed by atoms with van der Waals surface area (Å²) >= 11 is 0. The first-order chi connectivity index (χ1) is 15.3. The number of nitrogens with zero attached hydrogens (tertiary/aromatic N) is 1. The van der Waals surface area contributed by atoms with E-state index >= 15 is 0 Å². The van der Waals surface area contributed by atoms with Gasteiger partial charge in [-0.15, -0.1) is 0 Å². The van der Waals surface area contributed by atoms with Crippen molar-refractivity contribution < 1.29 is 28.7 Å². The van der Waals surface area contributed by atoms with E-state index < -0.39 is 23.1 Å². The summed E-state index contributed by atoms with van der Waals surface area (Å²) in [4.78, 5) is 36.1. The van der Waals surface area contributed by atoms with Gasteiger partial charge in [0.1, 0.15) is 24.2 Å². The Labute approximate surface area is 184 Å². The number of Topliss-reactive ketones (excluding diaryl/α,β-unsaturated/α-hetero) is 1. The third-order valence-corrected chi connectivity index (χ3v) is 5.89. The Morgan fingerprint density at radius 2 is 1.94 bits per heavy atom. The lowest BCUT2D eigenvalue weighted by molar-refractivity contribution is -0.385. The second-order valence-corrected chi connectivity index (χ2v) is 8.09. The molecule has 32 heavy (non-hydrogen) atoms. The molecule has 0 amide bonds. The molecule has 2 aromatic carbocycles. The van der Waals surface area contributed by atoms with Gasteiger partial charge in [-0.2, -0.15) is 0 Å². The largest absolute Gasteiger partial charge is 0.493 e. The molecule has 1 heterocycles. The number of carbonyl (C=O) groups excluding carboxylic acids is 2. The Hall–Kier alpha value is -3.68. The van der Waals surface area contributed by atoms with Crippen LogP contribution >= 0.6 is 0 Å². The van der Waals surface area contributed by atoms with Gasteiger partial charge >= 0.3 is 5.97 Å². The van der Waals surface area contributed by atoms with Gasteiger partial charge in [0.05, 0.1) is 16.4 Å². The van der Waals surface area contributed by atoms with Crippen molar-refractivity contribution in [1.29, 1.82) is 0 Å². The van der Waals surface area contributed by atoms with E-state index in [1.807, 2.05) is 25.1 Å². The maximum atomic E-state index is 12.9. The van der Waals surface area contributed by atoms with Crippen LogP contribution in [-0.2, 0) is 14.3 Å². The van der Waals surface area contributed by atoms with Gasteiger partial charge in [0.15, 0.2) is 0 Å². The highest BCUT2D eigenvalue weighted by Crippen LogP contribution is 2.35. The molecule has 2 aliphatic rings. The molecule has 166 valence electrons. The van der Waals surface area contributed by atoms with Gasteiger partial charge in [0, 0.05) is 18.1 Å². The molecule has 0 bridgehead atoms. The monoisotopic (exact) mass is 437 g/mol. The van der Waals surface area contributed by atoms with Crippen molar-refractivity contribution in [2.24, 2.45) is 5.92 Å². The Kier molecular flexibility index (Phi) is 5.94. The Bertz CT molecular complexity index is 1110. The average molecular weight is 437 g/mol. The topological polar surface area (TPSA) is 105 Å². The van der Waals surface area contributed by atoms with Gasteiger partial charge in [0.2, 0.25) is 11.5 Å². The number of allylic oxidation sites excluding steroid dienone is 1. The van der Waals surface area contributed by atoms with Crippen molar-refractivity contribution in [3.05, 3.63) is 81.3 Å². The van der Waals surface area contributed by atoms with Gasteiger partial charge in [-0.25, -0.2) is 4.79 Å². The van der Waals surface area contributed by atoms with Crippen molar-refractivity contribution >= 4 is 17.4 Å². The second-order valence-electron chi connectivity index (χ2n) is 8.09. The fourth-order valence-electron chi connectivity index (χ4n) is 4.18. The maximum absolute atomic E-state index is 12.9. The summed E-state index contributed by atoms with van der Waals surface area (Å²) in [6, 6.07) is 11.7. The van der Waals surface area contributed by atoms with E-state index in [9.17, 15) is 19.7 Å². The molecular formula is C24H23NO7. The smallest absolute Gasteiger partial charge is 0.338 e. The van der Waals surface area contributed by atoms with E-state index in [2.05, 4.69) is 0 Å². The predicted octanol–water partition coefficient (Wildman–Crippen LogP) is 4.43. The Morgan fingerprint density at radius 3 is 2.69 bits per heavy atom. The van der Waals surface area contributed by atoms with E-state index in [0.717, 1.165) is 5.56 Å². The molecule has 8 nitrogen and oxygen atoms in total. The van der Waals surface area contributed by atoms with Crippen LogP contribution in [0.4, 0.5) is 5.69 Å². The van der Waals surface area contributed by atoms with E-state index in [-0.39, 0.29) is 34.3 Å². The van der Waals surface area contributed by atoms with Crippen LogP contribution in [0.3, 0.4) is 0 Å². The normalized spacial score (nSPS) is 22.2. The zero-order chi connectivity index (χ0) is 22.8. The van der Waals surface area contributed by atoms with Crippen LogP contribution in [0.1, 0.15) is 40.7 Å². The third kappa shape index (κ3) is 4.34. The van der Waals surface area contributed by atoms with Gasteiger partial charge in [-0.1, -0.05) is 18.2 Å². The van der Waals surface area contributed by atoms with Gasteiger partial charge in [-0.05, 0) is 50.5 Å². The minimum Gasteiger partial charge on any atom is -0.493 e. The first-order valence-corrected chi connectivity index (χ1v) is 10.4. The molecule has 0 aromatic heterocycles. The number of carbonyl (C=O) groups is 2. The summed E-state index contributed by atoms with van der Waals surface area (Å²) in [6.45, 7) is 3.46. The number of rotatable bonds is 5. The van der Waals surface area contributed by atoms with Crippen molar-refractivity contribution in [1.82, 2.24) is 0 Å². The molecular weight excluding hydrogens is 414 g/mol. The molecule has 0 saturated heterocycles. The fraction of sp³-hybridized carbons (Fsp3) is 0.333. The highest BCUT2D eigenvalue weighted by molar-refractivity contribution is 5.96. The van der Waals surface area contributed by atoms with Gasteiger partial charge in [0.25, 0.3) is 5.69 Å². The summed E-state index contributed by atoms with van der Waals surface area (Å²) in [5.41, 5.74) is 1.32. The first-order valence-electron chi connectivity index (χ1n) is 10.4. The first kappa shape index (κ1) is 21.5. The molecule has 0 N–H and O–H groups in total. The number of fused-ring (bicyclic) bond motifs is 1. The lowest BCUT2D eigenvalue weighted by Gasteiger charge is -2.36. The lowest BCUT2D eigenvalue weighted by atomic mass is 9.80. The number of hydrogen-bond donors (Lipinski definition) is 0. The van der Waals surface area contributed by atoms with Crippen molar-refractivity contribution in [3.8, 4) is 5.75 Å². The Morgan fingerprint density at radius 1 is 1.16 bits per heavy atom. The van der Waals surface area contributed by atoms with Gasteiger partial charge in [-0.3, -0.25) is 14.9 Å². The standard InChI is InChI=1S/C24H23NO7/c1-14-5-3-6-16(11-14)31-22-13-30-21-12-17(9-10-19(21)23(22)26)32-24(27)18-7-4-8-20(15(18)2)25(28)29/h3-8,11,13,17,19,21H,9-10,12H2,1-2H3. The number of ketones is 1. The van der Waals surface area contributed by atoms with Gasteiger partial charge < -0.3 is 14.2 Å². The van der Waals surface area contributed by atoms with Crippen LogP contribution in [0.25, 0.3) is 0 Å². The van der Waals surface area contributed by atoms with Crippen LogP contribution in [0.15, 0.2) is 54.5 Å². The fourth-order valence-corrected chi connectivity index (χ4v) is 4.18. The van der Waals surface area contributed by atoms with Crippen molar-refractivity contribution in [2.75, 3.05) is 0 Å². The average Bonchev–Trinajstić information content (AvgIpc) is 2.75. The second kappa shape index (κ2) is 8.82. The zero-order valence-electron chi connectivity index (χ0n) is 17.8. The predicted molar refractivity (Wildman–Crippen MR) is 114 cm³/mol. The van der Waals surface area contributed by atoms with E-state index in [0.29, 0.717) is 25.0 Å². The minimum atomic E-state index is -0.615. The summed E-state index contributed by atoms with van der Waals surface area (Å²) in [7, 11) is 0. The minimum absolute atomic E-state index is 0.123. The van der Waals surface area contributed by atoms with Crippen LogP contribution in [-0.4, -0.2) is 28.9 Å². The SMILES string of the molecule is Cc1cccc(OC2=COC3CC(OC(=O)c4cccc([N+](=O)[O-])c4C)CCC3C2=O)c1. The Balaban J connectivity index is 1.41. The van der Waals surface area contributed by atoms with E-state index in [1.54, 1.807) is 6.07 Å². The molecule has 8 heteroatoms. The van der Waals surface area contributed by atoms with Crippen LogP contribution < -0.4 is 4.74 Å². The third-order valence-electron chi connectivity index (χ3n) is 5.89. The molecule has 2 aromatic rings. The number of nitro benzene ring substituents is 1. The number of esters is 1. The van der Waals surface area contributed by atoms with Crippen LogP contribution in [0, 0.1) is 29.9 Å². The number of nitro groups is 1. The molecule has 0 radical (unpaired) electrons. The van der Waals surface area contributed by atoms with Crippen LogP contribution in [0.2, 0.25) is 0 Å². The molecule has 0 spiro atoms. The van der Waals surface area contributed by atoms with Crippen molar-refractivity contribution in [3.63, 3.8) is 0 Å². The van der Waals surface area contributed by atoms with Crippen LogP contribution in [0.5, 0.6) is 5.75 Å². The summed E-state index contributed by atoms with van der Waals surface area (Å²) in [6.07, 6.45) is 1.83. The number of aryl methyl sites for hydroxylation is 1. The summed E-state index contributed by atoms with van der Waals surface area (Å²) in [5, 5.41) is 11.1. The molecule has 4 rings (SSSR count). The molecule has 1 saturated carbocycles. The number of benzene rings is 2. The van der Waals surface area contributed by atoms with Crippen molar-refractivity contribution in [2.45, 2.75) is 45.3 Å². The zero-order valence-corrected chi connectivity index (χ0v) is 17.8. The van der Waals surface area contributed by atoms with E-state index in [4.69, 9.17) is 14.2 Å². The maximum Gasteiger partial charge on any atom is 0.338 e. The summed E-state index contributed by atoms with van der Waals surface area (Å²) in [5.74, 6) is -0.367. The number of ether oxygens (including phenoxy) is 3. The summed E-state index contributed by atoms with van der Waals surface area (Å²) < 4.78 is 17.1. The molecule has 1 aliphatic heterocycles. The lowest BCUT2D eigenvalue weighted by Crippen LogP contribution is -2.43. The molecule has 1 aliphatic carbocycles. The molecule has 3 atom stereocenters. The molecule has 3 unspecified atom stereocenters.